The molecule has 25 heavy (non-hydrogen) atoms. The molecule has 0 saturated carbocycles. The predicted molar refractivity (Wildman–Crippen MR) is 93.2 cm³/mol. The number of methoxy groups -OCH3 is 1. The molecule has 7 heteroatoms. The van der Waals surface area contributed by atoms with Crippen molar-refractivity contribution in [1.29, 1.82) is 0 Å². The highest BCUT2D eigenvalue weighted by Crippen LogP contribution is 2.21. The van der Waals surface area contributed by atoms with Gasteiger partial charge in [0.2, 0.25) is 0 Å². The largest absolute Gasteiger partial charge is 0.506 e. The minimum Gasteiger partial charge on any atom is -0.506 e. The van der Waals surface area contributed by atoms with E-state index < -0.39 is 5.97 Å². The van der Waals surface area contributed by atoms with Crippen LogP contribution in [0.25, 0.3) is 5.76 Å². The number of hydrogen-bond donors (Lipinski definition) is 2. The van der Waals surface area contributed by atoms with E-state index in [1.54, 1.807) is 43.3 Å². The van der Waals surface area contributed by atoms with Gasteiger partial charge >= 0.3 is 5.97 Å². The van der Waals surface area contributed by atoms with E-state index in [1.165, 1.54) is 13.4 Å². The number of aliphatic imine (C=N–C) groups is 1. The van der Waals surface area contributed by atoms with Crippen LogP contribution in [-0.4, -0.2) is 30.6 Å². The molecule has 2 aromatic rings. The maximum absolute atomic E-state index is 12.2. The lowest BCUT2D eigenvalue weighted by molar-refractivity contribution is -0.137. The second-order valence-electron chi connectivity index (χ2n) is 4.95. The first-order chi connectivity index (χ1) is 12.1. The fraction of sp³-hybridized carbons (Fsp3) is 0.222. The molecule has 0 spiro atoms. The number of rotatable bonds is 7. The summed E-state index contributed by atoms with van der Waals surface area (Å²) in [7, 11) is 1.54. The van der Waals surface area contributed by atoms with Crippen LogP contribution in [-0.2, 0) is 16.1 Å². The van der Waals surface area contributed by atoms with Gasteiger partial charge in [0.15, 0.2) is 0 Å². The van der Waals surface area contributed by atoms with Crippen molar-refractivity contribution in [3.63, 3.8) is 0 Å². The zero-order chi connectivity index (χ0) is 18.2. The van der Waals surface area contributed by atoms with E-state index in [0.29, 0.717) is 17.1 Å². The van der Waals surface area contributed by atoms with Crippen LogP contribution in [0.4, 0.5) is 0 Å². The highest BCUT2D eigenvalue weighted by molar-refractivity contribution is 6.22. The Morgan fingerprint density at radius 2 is 2.00 bits per heavy atom. The maximum atomic E-state index is 12.2. The molecule has 0 bridgehead atoms. The van der Waals surface area contributed by atoms with Gasteiger partial charge in [0, 0.05) is 5.56 Å². The summed E-state index contributed by atoms with van der Waals surface area (Å²) in [5.74, 6) is -0.00901. The van der Waals surface area contributed by atoms with Crippen molar-refractivity contribution in [2.75, 3.05) is 13.7 Å². The molecule has 0 aliphatic heterocycles. The number of aliphatic hydroxyl groups excluding tert-OH is 1. The highest BCUT2D eigenvalue weighted by atomic mass is 16.5. The monoisotopic (exact) mass is 344 g/mol. The van der Waals surface area contributed by atoms with Gasteiger partial charge in [-0.05, 0) is 43.3 Å². The molecule has 0 unspecified atom stereocenters. The minimum absolute atomic E-state index is 0.136. The van der Waals surface area contributed by atoms with Gasteiger partial charge in [0.1, 0.15) is 28.7 Å². The van der Waals surface area contributed by atoms with Gasteiger partial charge in [-0.3, -0.25) is 4.99 Å². The predicted octanol–water partition coefficient (Wildman–Crippen LogP) is 2.68. The van der Waals surface area contributed by atoms with Crippen molar-refractivity contribution < 1.29 is 23.8 Å². The lowest BCUT2D eigenvalue weighted by Crippen LogP contribution is -2.25. The molecular weight excluding hydrogens is 324 g/mol. The Morgan fingerprint density at radius 3 is 2.56 bits per heavy atom. The molecule has 0 fully saturated rings. The number of ether oxygens (including phenoxy) is 2. The standard InChI is InChI=1S/C18H20N2O5/c1-3-24-18(22)15(17(19)20-11-14-5-4-10-25-14)16(21)12-6-8-13(23-2)9-7-12/h4-10,21H,3,11H2,1-2H3,(H2,19,20)/b16-15-. The molecule has 1 aromatic heterocycles. The number of hydrogen-bond acceptors (Lipinski definition) is 6. The third kappa shape index (κ3) is 4.63. The molecule has 2 rings (SSSR count). The van der Waals surface area contributed by atoms with E-state index in [0.717, 1.165) is 0 Å². The fourth-order valence-electron chi connectivity index (χ4n) is 2.06. The van der Waals surface area contributed by atoms with E-state index in [4.69, 9.17) is 19.6 Å². The van der Waals surface area contributed by atoms with Crippen LogP contribution in [0, 0.1) is 0 Å². The van der Waals surface area contributed by atoms with Gasteiger partial charge in [-0.25, -0.2) is 4.79 Å². The van der Waals surface area contributed by atoms with Crippen molar-refractivity contribution in [3.05, 3.63) is 59.6 Å². The number of amidine groups is 1. The second kappa shape index (κ2) is 8.58. The molecule has 0 aliphatic carbocycles. The third-order valence-electron chi connectivity index (χ3n) is 3.32. The van der Waals surface area contributed by atoms with E-state index >= 15 is 0 Å². The van der Waals surface area contributed by atoms with Crippen LogP contribution in [0.5, 0.6) is 5.75 Å². The van der Waals surface area contributed by atoms with Crippen LogP contribution in [0.15, 0.2) is 57.6 Å². The Morgan fingerprint density at radius 1 is 1.28 bits per heavy atom. The average Bonchev–Trinajstić information content (AvgIpc) is 3.14. The van der Waals surface area contributed by atoms with Crippen LogP contribution < -0.4 is 10.5 Å². The Bertz CT molecular complexity index is 761. The van der Waals surface area contributed by atoms with Crippen LogP contribution >= 0.6 is 0 Å². The van der Waals surface area contributed by atoms with Gasteiger partial charge in [0.25, 0.3) is 0 Å². The topological polar surface area (TPSA) is 107 Å². The fourth-order valence-corrected chi connectivity index (χ4v) is 2.06. The molecule has 0 atom stereocenters. The van der Waals surface area contributed by atoms with Crippen LogP contribution in [0.2, 0.25) is 0 Å². The first-order valence-electron chi connectivity index (χ1n) is 7.64. The number of carbonyl (C=O) groups is 1. The van der Waals surface area contributed by atoms with Crippen molar-refractivity contribution in [2.45, 2.75) is 13.5 Å². The number of nitrogens with zero attached hydrogens (tertiary/aromatic N) is 1. The lowest BCUT2D eigenvalue weighted by Gasteiger charge is -2.10. The van der Waals surface area contributed by atoms with Crippen LogP contribution in [0.1, 0.15) is 18.2 Å². The number of benzene rings is 1. The summed E-state index contributed by atoms with van der Waals surface area (Å²) in [5.41, 5.74) is 6.12. The Hall–Kier alpha value is -3.22. The summed E-state index contributed by atoms with van der Waals surface area (Å²) < 4.78 is 15.2. The quantitative estimate of drug-likeness (QED) is 0.263. The zero-order valence-electron chi connectivity index (χ0n) is 14.1. The number of esters is 1. The minimum atomic E-state index is -0.753. The molecule has 0 saturated heterocycles. The molecular formula is C18H20N2O5. The van der Waals surface area contributed by atoms with E-state index in [1.807, 2.05) is 0 Å². The van der Waals surface area contributed by atoms with Gasteiger partial charge in [-0.15, -0.1) is 0 Å². The van der Waals surface area contributed by atoms with Crippen molar-refractivity contribution >= 4 is 17.6 Å². The Kier molecular flexibility index (Phi) is 6.22. The summed E-state index contributed by atoms with van der Waals surface area (Å²) >= 11 is 0. The van der Waals surface area contributed by atoms with Gasteiger partial charge in [0.05, 0.1) is 26.5 Å². The first kappa shape index (κ1) is 18.1. The maximum Gasteiger partial charge on any atom is 0.345 e. The molecule has 3 N–H and O–H groups in total. The van der Waals surface area contributed by atoms with Gasteiger partial charge in [-0.2, -0.15) is 0 Å². The Balaban J connectivity index is 2.38. The normalized spacial score (nSPS) is 12.5. The zero-order valence-corrected chi connectivity index (χ0v) is 14.1. The average molecular weight is 344 g/mol. The number of furan rings is 1. The third-order valence-corrected chi connectivity index (χ3v) is 3.32. The number of carbonyl (C=O) groups excluding carboxylic acids is 1. The van der Waals surface area contributed by atoms with Crippen molar-refractivity contribution in [2.24, 2.45) is 10.7 Å². The SMILES string of the molecule is CCOC(=O)/C(C(N)=NCc1ccco1)=C(\O)c1ccc(OC)cc1. The summed E-state index contributed by atoms with van der Waals surface area (Å²) in [6.45, 7) is 1.94. The molecule has 132 valence electrons. The second-order valence-corrected chi connectivity index (χ2v) is 4.95. The summed E-state index contributed by atoms with van der Waals surface area (Å²) in [6, 6.07) is 9.97. The number of nitrogens with two attached hydrogens (primary N) is 1. The molecule has 7 nitrogen and oxygen atoms in total. The van der Waals surface area contributed by atoms with Crippen molar-refractivity contribution in [3.8, 4) is 5.75 Å². The van der Waals surface area contributed by atoms with Gasteiger partial charge in [-0.1, -0.05) is 0 Å². The van der Waals surface area contributed by atoms with E-state index in [9.17, 15) is 9.90 Å². The molecule has 1 aromatic carbocycles. The highest BCUT2D eigenvalue weighted by Gasteiger charge is 2.22. The summed E-state index contributed by atoms with van der Waals surface area (Å²) in [5, 5.41) is 10.5. The number of aliphatic hydroxyl groups is 1. The lowest BCUT2D eigenvalue weighted by atomic mass is 10.1. The van der Waals surface area contributed by atoms with Crippen molar-refractivity contribution in [1.82, 2.24) is 0 Å². The van der Waals surface area contributed by atoms with E-state index in [2.05, 4.69) is 4.99 Å². The van der Waals surface area contributed by atoms with E-state index in [-0.39, 0.29) is 30.3 Å². The summed E-state index contributed by atoms with van der Waals surface area (Å²) in [4.78, 5) is 16.3. The molecule has 1 heterocycles. The smallest absolute Gasteiger partial charge is 0.345 e. The van der Waals surface area contributed by atoms with Crippen LogP contribution in [0.3, 0.4) is 0 Å². The molecule has 0 amide bonds. The molecule has 0 aliphatic rings. The summed E-state index contributed by atoms with van der Waals surface area (Å²) in [6.07, 6.45) is 1.51. The van der Waals surface area contributed by atoms with Gasteiger partial charge < -0.3 is 24.7 Å². The Labute approximate surface area is 145 Å². The molecule has 0 radical (unpaired) electrons. The first-order valence-corrected chi connectivity index (χ1v) is 7.64.